The lowest BCUT2D eigenvalue weighted by Crippen LogP contribution is -2.14. The average Bonchev–Trinajstić information content (AvgIpc) is 3.54. The third-order valence-corrected chi connectivity index (χ3v) is 16.7. The normalized spacial score (nSPS) is 13.1. The van der Waals surface area contributed by atoms with Crippen LogP contribution < -0.4 is 0 Å². The molecule has 12 aromatic carbocycles. The van der Waals surface area contributed by atoms with E-state index in [1.165, 1.54) is 88.7 Å². The molecule has 0 radical (unpaired) electrons. The van der Waals surface area contributed by atoms with Crippen molar-refractivity contribution >= 4 is 33.6 Å². The van der Waals surface area contributed by atoms with Crippen LogP contribution in [0, 0.1) is 0 Å². The Kier molecular flexibility index (Phi) is 14.8. The van der Waals surface area contributed by atoms with Gasteiger partial charge in [0.1, 0.15) is 0 Å². The second kappa shape index (κ2) is 23.5. The zero-order valence-electron chi connectivity index (χ0n) is 46.5. The Morgan fingerprint density at radius 2 is 0.512 bits per heavy atom. The summed E-state index contributed by atoms with van der Waals surface area (Å²) in [5.41, 5.74) is 23.0. The summed E-state index contributed by atoms with van der Waals surface area (Å²) in [6.07, 6.45) is 1.54. The van der Waals surface area contributed by atoms with Crippen molar-refractivity contribution < 1.29 is 0 Å². The molecule has 0 fully saturated rings. The molecule has 1 aliphatic carbocycles. The van der Waals surface area contributed by atoms with E-state index in [0.717, 1.165) is 46.8 Å². The maximum Gasteiger partial charge on any atom is 0.0979 e. The Morgan fingerprint density at radius 1 is 0.256 bits per heavy atom. The van der Waals surface area contributed by atoms with Crippen LogP contribution in [0.15, 0.2) is 313 Å². The lowest BCUT2D eigenvalue weighted by Gasteiger charge is -2.27. The molecule has 0 spiro atoms. The number of aliphatic imine (C=N–C) groups is 2. The monoisotopic (exact) mass is 1050 g/mol. The molecule has 0 saturated heterocycles. The van der Waals surface area contributed by atoms with Crippen LogP contribution in [0.2, 0.25) is 0 Å². The fourth-order valence-electron chi connectivity index (χ4n) is 12.9. The highest BCUT2D eigenvalue weighted by Gasteiger charge is 2.33. The fourth-order valence-corrected chi connectivity index (χ4v) is 12.9. The van der Waals surface area contributed by atoms with E-state index >= 15 is 0 Å². The standard InChI is InChI=1S/C80H64N2/c1-3-55-51-66(72(57-31-13-5-14-32-57)58-33-15-6-16-34-58)53-70(74(61-39-21-9-22-40-61)62-41-23-10-24-42-62)77(55)81-79-68-49-29-47-65-48-30-50-69(76(65)68)80(79)82-78-56(4-2)52-67(73(59-35-17-7-18-36-59)60-37-19-8-20-38-60)54-71(78)75(63-43-25-11-26-44-63)64-45-27-12-28-46-64/h5-54,72-75H,3-4H2,1-2H3. The number of hydrogen-bond acceptors (Lipinski definition) is 2. The number of nitrogens with zero attached hydrogens (tertiary/aromatic N) is 2. The Morgan fingerprint density at radius 3 is 0.768 bits per heavy atom. The Bertz CT molecular complexity index is 3770. The molecule has 0 atom stereocenters. The molecular weight excluding hydrogens is 989 g/mol. The van der Waals surface area contributed by atoms with E-state index in [0.29, 0.717) is 0 Å². The number of aryl methyl sites for hydroxylation is 2. The van der Waals surface area contributed by atoms with Gasteiger partial charge < -0.3 is 0 Å². The molecule has 0 heterocycles. The minimum Gasteiger partial charge on any atom is -0.245 e. The zero-order valence-corrected chi connectivity index (χ0v) is 46.5. The van der Waals surface area contributed by atoms with Gasteiger partial charge in [-0.05, 0) is 96.1 Å². The van der Waals surface area contributed by atoms with Crippen LogP contribution in [0.4, 0.5) is 11.4 Å². The van der Waals surface area contributed by atoms with Crippen LogP contribution in [-0.2, 0) is 12.8 Å². The van der Waals surface area contributed by atoms with Crippen molar-refractivity contribution in [1.82, 2.24) is 0 Å². The van der Waals surface area contributed by atoms with Gasteiger partial charge in [0.2, 0.25) is 0 Å². The largest absolute Gasteiger partial charge is 0.245 e. The molecule has 2 heteroatoms. The predicted molar refractivity (Wildman–Crippen MR) is 343 cm³/mol. The van der Waals surface area contributed by atoms with Gasteiger partial charge in [0.05, 0.1) is 22.8 Å². The quantitative estimate of drug-likeness (QED) is 0.0862. The first-order valence-electron chi connectivity index (χ1n) is 29.1. The van der Waals surface area contributed by atoms with Gasteiger partial charge in [-0.15, -0.1) is 0 Å². The highest BCUT2D eigenvalue weighted by molar-refractivity contribution is 6.61. The summed E-state index contributed by atoms with van der Waals surface area (Å²) in [5.74, 6) is -0.294. The topological polar surface area (TPSA) is 24.7 Å². The van der Waals surface area contributed by atoms with Crippen LogP contribution in [-0.4, -0.2) is 11.4 Å². The first-order valence-corrected chi connectivity index (χ1v) is 29.1. The van der Waals surface area contributed by atoms with Crippen molar-refractivity contribution in [3.05, 3.63) is 392 Å². The molecule has 0 aromatic heterocycles. The highest BCUT2D eigenvalue weighted by Crippen LogP contribution is 2.48. The van der Waals surface area contributed by atoms with Gasteiger partial charge >= 0.3 is 0 Å². The molecule has 0 N–H and O–H groups in total. The average molecular weight is 1050 g/mol. The summed E-state index contributed by atoms with van der Waals surface area (Å²) < 4.78 is 0. The summed E-state index contributed by atoms with van der Waals surface area (Å²) in [6.45, 7) is 4.58. The summed E-state index contributed by atoms with van der Waals surface area (Å²) in [4.78, 5) is 12.4. The lowest BCUT2D eigenvalue weighted by molar-refractivity contribution is 0.926. The van der Waals surface area contributed by atoms with Crippen LogP contribution in [0.5, 0.6) is 0 Å². The third-order valence-electron chi connectivity index (χ3n) is 16.7. The minimum atomic E-state index is -0.135. The maximum absolute atomic E-state index is 6.22. The van der Waals surface area contributed by atoms with Gasteiger partial charge in [-0.2, -0.15) is 0 Å². The molecule has 0 aliphatic heterocycles. The van der Waals surface area contributed by atoms with Crippen LogP contribution in [0.25, 0.3) is 10.8 Å². The summed E-state index contributed by atoms with van der Waals surface area (Å²) in [5, 5.41) is 2.35. The second-order valence-corrected chi connectivity index (χ2v) is 21.6. The maximum atomic E-state index is 6.22. The number of rotatable bonds is 16. The first kappa shape index (κ1) is 51.7. The first-order chi connectivity index (χ1) is 40.6. The SMILES string of the molecule is CCc1cc(C(c2ccccc2)c2ccccc2)cc(C(c2ccccc2)c2ccccc2)c1N=C1C(=Nc2c(CC)cc(C(c3ccccc3)c3ccccc3)cc2C(c2ccccc2)c2ccccc2)c2cccc3cccc1c23. The summed E-state index contributed by atoms with van der Waals surface area (Å²) in [7, 11) is 0. The Hall–Kier alpha value is -9.76. The molecule has 12 aromatic rings. The molecule has 82 heavy (non-hydrogen) atoms. The van der Waals surface area contributed by atoms with Gasteiger partial charge in [0.15, 0.2) is 0 Å². The molecule has 2 nitrogen and oxygen atoms in total. The van der Waals surface area contributed by atoms with Gasteiger partial charge in [-0.1, -0.05) is 317 Å². The second-order valence-electron chi connectivity index (χ2n) is 21.6. The lowest BCUT2D eigenvalue weighted by atomic mass is 9.78. The van der Waals surface area contributed by atoms with Crippen molar-refractivity contribution in [2.75, 3.05) is 0 Å². The molecule has 394 valence electrons. The molecule has 0 amide bonds. The number of hydrogen-bond donors (Lipinski definition) is 0. The Labute approximate surface area is 483 Å². The van der Waals surface area contributed by atoms with Gasteiger partial charge in [0.25, 0.3) is 0 Å². The molecular formula is C80H64N2. The third kappa shape index (κ3) is 10.1. The van der Waals surface area contributed by atoms with Gasteiger partial charge in [0, 0.05) is 40.2 Å². The van der Waals surface area contributed by atoms with Crippen molar-refractivity contribution in [3.8, 4) is 0 Å². The molecule has 0 unspecified atom stereocenters. The van der Waals surface area contributed by atoms with E-state index in [1.54, 1.807) is 0 Å². The van der Waals surface area contributed by atoms with Gasteiger partial charge in [-0.3, -0.25) is 0 Å². The van der Waals surface area contributed by atoms with E-state index in [4.69, 9.17) is 9.98 Å². The molecule has 13 rings (SSSR count). The summed E-state index contributed by atoms with van der Waals surface area (Å²) in [6, 6.07) is 111. The fraction of sp³-hybridized carbons (Fsp3) is 0.100. The molecule has 1 aliphatic rings. The van der Waals surface area contributed by atoms with Crippen molar-refractivity contribution in [2.45, 2.75) is 50.4 Å². The van der Waals surface area contributed by atoms with E-state index in [1.807, 2.05) is 0 Å². The number of benzene rings is 12. The van der Waals surface area contributed by atoms with Crippen molar-refractivity contribution in [3.63, 3.8) is 0 Å². The van der Waals surface area contributed by atoms with E-state index < -0.39 is 0 Å². The van der Waals surface area contributed by atoms with Crippen molar-refractivity contribution in [1.29, 1.82) is 0 Å². The van der Waals surface area contributed by atoms with E-state index in [-0.39, 0.29) is 23.7 Å². The summed E-state index contributed by atoms with van der Waals surface area (Å²) >= 11 is 0. The van der Waals surface area contributed by atoms with Crippen LogP contribution in [0.1, 0.15) is 127 Å². The smallest absolute Gasteiger partial charge is 0.0979 e. The highest BCUT2D eigenvalue weighted by atomic mass is 14.9. The van der Waals surface area contributed by atoms with Crippen molar-refractivity contribution in [2.24, 2.45) is 9.98 Å². The van der Waals surface area contributed by atoms with Crippen LogP contribution >= 0.6 is 0 Å². The van der Waals surface area contributed by atoms with E-state index in [9.17, 15) is 0 Å². The van der Waals surface area contributed by atoms with E-state index in [2.05, 4.69) is 317 Å². The zero-order chi connectivity index (χ0) is 55.2. The predicted octanol–water partition coefficient (Wildman–Crippen LogP) is 19.9. The minimum absolute atomic E-state index is 0.0126. The van der Waals surface area contributed by atoms with Gasteiger partial charge in [-0.25, -0.2) is 9.98 Å². The molecule has 0 saturated carbocycles. The Balaban J connectivity index is 1.12. The van der Waals surface area contributed by atoms with Crippen LogP contribution in [0.3, 0.4) is 0 Å². The molecule has 0 bridgehead atoms.